The molecule has 0 saturated heterocycles. The van der Waals surface area contributed by atoms with Gasteiger partial charge < -0.3 is 4.74 Å². The van der Waals surface area contributed by atoms with E-state index >= 15 is 0 Å². The fourth-order valence-electron chi connectivity index (χ4n) is 1.17. The van der Waals surface area contributed by atoms with Crippen LogP contribution in [0.2, 0.25) is 0 Å². The van der Waals surface area contributed by atoms with Crippen LogP contribution in [0.25, 0.3) is 0 Å². The van der Waals surface area contributed by atoms with Gasteiger partial charge in [0.2, 0.25) is 0 Å². The van der Waals surface area contributed by atoms with Gasteiger partial charge in [-0.2, -0.15) is 0 Å². The highest BCUT2D eigenvalue weighted by Gasteiger charge is 1.96. The van der Waals surface area contributed by atoms with E-state index in [1.165, 1.54) is 0 Å². The van der Waals surface area contributed by atoms with Crippen molar-refractivity contribution in [3.05, 3.63) is 29.8 Å². The molecule has 0 bridgehead atoms. The molecule has 0 saturated carbocycles. The molecule has 1 aromatic carbocycles. The Morgan fingerprint density at radius 3 is 3.07 bits per heavy atom. The molecule has 0 radical (unpaired) electrons. The highest BCUT2D eigenvalue weighted by Crippen LogP contribution is 2.19. The molecular formula is C12H16O2S. The molecule has 1 aromatic rings. The quantitative estimate of drug-likeness (QED) is 0.404. The van der Waals surface area contributed by atoms with Crippen LogP contribution in [0.4, 0.5) is 0 Å². The van der Waals surface area contributed by atoms with Gasteiger partial charge in [0.25, 0.3) is 0 Å². The monoisotopic (exact) mass is 224 g/mol. The minimum Gasteiger partial charge on any atom is -0.382 e. The zero-order valence-corrected chi connectivity index (χ0v) is 9.76. The average molecular weight is 224 g/mol. The first-order valence-electron chi connectivity index (χ1n) is 5.12. The van der Waals surface area contributed by atoms with Crippen LogP contribution in [0.1, 0.15) is 23.7 Å². The molecule has 0 aliphatic carbocycles. The lowest BCUT2D eigenvalue weighted by Gasteiger charge is -2.02. The second-order valence-corrected chi connectivity index (χ2v) is 4.26. The SMILES string of the molecule is CCOCCCSc1cccc(C=O)c1. The van der Waals surface area contributed by atoms with Crippen molar-refractivity contribution in [1.82, 2.24) is 0 Å². The lowest BCUT2D eigenvalue weighted by atomic mass is 10.2. The van der Waals surface area contributed by atoms with E-state index in [9.17, 15) is 4.79 Å². The molecule has 0 unspecified atom stereocenters. The van der Waals surface area contributed by atoms with E-state index in [1.54, 1.807) is 11.8 Å². The summed E-state index contributed by atoms with van der Waals surface area (Å²) >= 11 is 1.76. The molecule has 82 valence electrons. The summed E-state index contributed by atoms with van der Waals surface area (Å²) in [5, 5.41) is 0. The lowest BCUT2D eigenvalue weighted by Crippen LogP contribution is -1.94. The van der Waals surface area contributed by atoms with E-state index in [4.69, 9.17) is 4.74 Å². The Bertz CT molecular complexity index is 299. The third-order valence-electron chi connectivity index (χ3n) is 1.90. The summed E-state index contributed by atoms with van der Waals surface area (Å²) in [6.45, 7) is 3.60. The normalized spacial score (nSPS) is 10.2. The van der Waals surface area contributed by atoms with Crippen molar-refractivity contribution in [2.24, 2.45) is 0 Å². The van der Waals surface area contributed by atoms with Crippen LogP contribution in [-0.2, 0) is 4.74 Å². The summed E-state index contributed by atoms with van der Waals surface area (Å²) in [7, 11) is 0. The number of aldehydes is 1. The molecule has 0 aliphatic rings. The van der Waals surface area contributed by atoms with E-state index < -0.39 is 0 Å². The molecule has 0 N–H and O–H groups in total. The van der Waals surface area contributed by atoms with Gasteiger partial charge in [0.1, 0.15) is 6.29 Å². The lowest BCUT2D eigenvalue weighted by molar-refractivity contribution is 0.112. The maximum atomic E-state index is 10.5. The molecule has 3 heteroatoms. The second kappa shape index (κ2) is 7.49. The zero-order valence-electron chi connectivity index (χ0n) is 8.94. The van der Waals surface area contributed by atoms with Crippen LogP contribution in [0, 0.1) is 0 Å². The van der Waals surface area contributed by atoms with Gasteiger partial charge in [-0.1, -0.05) is 12.1 Å². The first kappa shape index (κ1) is 12.3. The van der Waals surface area contributed by atoms with E-state index in [2.05, 4.69) is 0 Å². The van der Waals surface area contributed by atoms with Gasteiger partial charge in [0.15, 0.2) is 0 Å². The van der Waals surface area contributed by atoms with Crippen molar-refractivity contribution in [2.45, 2.75) is 18.2 Å². The minimum absolute atomic E-state index is 0.741. The fourth-order valence-corrected chi connectivity index (χ4v) is 2.07. The molecule has 0 fully saturated rings. The van der Waals surface area contributed by atoms with Crippen LogP contribution in [0.15, 0.2) is 29.2 Å². The Hall–Kier alpha value is -0.800. The van der Waals surface area contributed by atoms with Gasteiger partial charge in [0.05, 0.1) is 0 Å². The molecule has 0 amide bonds. The highest BCUT2D eigenvalue weighted by molar-refractivity contribution is 7.99. The van der Waals surface area contributed by atoms with Crippen LogP contribution in [0.5, 0.6) is 0 Å². The maximum absolute atomic E-state index is 10.5. The number of hydrogen-bond donors (Lipinski definition) is 0. The Balaban J connectivity index is 2.27. The summed E-state index contributed by atoms with van der Waals surface area (Å²) in [5.41, 5.74) is 0.741. The van der Waals surface area contributed by atoms with Crippen molar-refractivity contribution in [1.29, 1.82) is 0 Å². The standard InChI is InChI=1S/C12H16O2S/c1-2-14-7-4-8-15-12-6-3-5-11(9-12)10-13/h3,5-6,9-10H,2,4,7-8H2,1H3. The van der Waals surface area contributed by atoms with Gasteiger partial charge >= 0.3 is 0 Å². The maximum Gasteiger partial charge on any atom is 0.150 e. The Morgan fingerprint density at radius 1 is 1.47 bits per heavy atom. The van der Waals surface area contributed by atoms with Gasteiger partial charge in [-0.15, -0.1) is 11.8 Å². The Labute approximate surface area is 95.0 Å². The fraction of sp³-hybridized carbons (Fsp3) is 0.417. The number of ether oxygens (including phenoxy) is 1. The third-order valence-corrected chi connectivity index (χ3v) is 2.98. The molecule has 0 atom stereocenters. The van der Waals surface area contributed by atoms with Gasteiger partial charge in [-0.05, 0) is 25.5 Å². The van der Waals surface area contributed by atoms with Crippen LogP contribution < -0.4 is 0 Å². The summed E-state index contributed by atoms with van der Waals surface area (Å²) in [4.78, 5) is 11.7. The average Bonchev–Trinajstić information content (AvgIpc) is 2.29. The molecule has 15 heavy (non-hydrogen) atoms. The van der Waals surface area contributed by atoms with Crippen molar-refractivity contribution < 1.29 is 9.53 Å². The van der Waals surface area contributed by atoms with Crippen molar-refractivity contribution in [3.8, 4) is 0 Å². The predicted octanol–water partition coefficient (Wildman–Crippen LogP) is 3.02. The second-order valence-electron chi connectivity index (χ2n) is 3.09. The first-order chi connectivity index (χ1) is 7.36. The van der Waals surface area contributed by atoms with E-state index in [0.29, 0.717) is 0 Å². The number of benzene rings is 1. The topological polar surface area (TPSA) is 26.3 Å². The molecular weight excluding hydrogens is 208 g/mol. The number of carbonyl (C=O) groups is 1. The van der Waals surface area contributed by atoms with Crippen LogP contribution in [-0.4, -0.2) is 25.3 Å². The van der Waals surface area contributed by atoms with Gasteiger partial charge in [-0.25, -0.2) is 0 Å². The largest absolute Gasteiger partial charge is 0.382 e. The van der Waals surface area contributed by atoms with E-state index in [1.807, 2.05) is 31.2 Å². The number of hydrogen-bond acceptors (Lipinski definition) is 3. The predicted molar refractivity (Wildman–Crippen MR) is 63.7 cm³/mol. The Kier molecular flexibility index (Phi) is 6.12. The number of thioether (sulfide) groups is 1. The third kappa shape index (κ3) is 5.00. The highest BCUT2D eigenvalue weighted by atomic mass is 32.2. The molecule has 0 heterocycles. The molecule has 0 spiro atoms. The minimum atomic E-state index is 0.741. The summed E-state index contributed by atoms with van der Waals surface area (Å²) < 4.78 is 5.25. The van der Waals surface area contributed by atoms with E-state index in [-0.39, 0.29) is 0 Å². The molecule has 0 aliphatic heterocycles. The van der Waals surface area contributed by atoms with Crippen molar-refractivity contribution in [3.63, 3.8) is 0 Å². The first-order valence-corrected chi connectivity index (χ1v) is 6.11. The van der Waals surface area contributed by atoms with E-state index in [0.717, 1.165) is 42.1 Å². The summed E-state index contributed by atoms with van der Waals surface area (Å²) in [6.07, 6.45) is 1.92. The Morgan fingerprint density at radius 2 is 2.33 bits per heavy atom. The van der Waals surface area contributed by atoms with Gasteiger partial charge in [-0.3, -0.25) is 4.79 Å². The van der Waals surface area contributed by atoms with Crippen LogP contribution >= 0.6 is 11.8 Å². The van der Waals surface area contributed by atoms with Crippen molar-refractivity contribution >= 4 is 18.0 Å². The zero-order chi connectivity index (χ0) is 10.9. The summed E-state index contributed by atoms with van der Waals surface area (Å²) in [5.74, 6) is 1.03. The van der Waals surface area contributed by atoms with Crippen LogP contribution in [0.3, 0.4) is 0 Å². The summed E-state index contributed by atoms with van der Waals surface area (Å²) in [6, 6.07) is 7.67. The number of carbonyl (C=O) groups excluding carboxylic acids is 1. The smallest absolute Gasteiger partial charge is 0.150 e. The molecule has 2 nitrogen and oxygen atoms in total. The molecule has 0 aromatic heterocycles. The number of rotatable bonds is 7. The molecule has 1 rings (SSSR count). The van der Waals surface area contributed by atoms with Gasteiger partial charge in [0, 0.05) is 29.4 Å². The van der Waals surface area contributed by atoms with Crippen molar-refractivity contribution in [2.75, 3.05) is 19.0 Å².